The second-order valence-corrected chi connectivity index (χ2v) is 3.84. The molecule has 0 radical (unpaired) electrons. The van der Waals surface area contributed by atoms with Gasteiger partial charge in [0.2, 0.25) is 0 Å². The van der Waals surface area contributed by atoms with Gasteiger partial charge in [-0.25, -0.2) is 13.6 Å². The third kappa shape index (κ3) is 2.94. The van der Waals surface area contributed by atoms with Gasteiger partial charge in [-0.2, -0.15) is 0 Å². The molecule has 1 aromatic heterocycles. The molecule has 0 aliphatic rings. The molecule has 0 atom stereocenters. The van der Waals surface area contributed by atoms with Crippen LogP contribution in [0.5, 0.6) is 0 Å². The maximum Gasteiger partial charge on any atom is 0.337 e. The molecule has 0 aliphatic heterocycles. The molecule has 102 valence electrons. The first-order valence-electron chi connectivity index (χ1n) is 5.42. The summed E-state index contributed by atoms with van der Waals surface area (Å²) in [5.41, 5.74) is -0.568. The fourth-order valence-corrected chi connectivity index (χ4v) is 1.53. The molecule has 1 amide bonds. The molecule has 1 aromatic carbocycles. The Morgan fingerprint density at radius 3 is 2.50 bits per heavy atom. The summed E-state index contributed by atoms with van der Waals surface area (Å²) in [6.07, 6.45) is 2.06. The Morgan fingerprint density at radius 2 is 1.85 bits per heavy atom. The topological polar surface area (TPSA) is 79.3 Å². The van der Waals surface area contributed by atoms with Gasteiger partial charge < -0.3 is 10.4 Å². The standard InChI is InChI=1S/C13H8F2N2O3/c14-8-1-2-11(10(4-8)13(19)20)17-12(18)7-3-9(15)6-16-5-7/h1-6H,(H,17,18)(H,19,20). The van der Waals surface area contributed by atoms with Crippen LogP contribution in [0.3, 0.4) is 0 Å². The van der Waals surface area contributed by atoms with Gasteiger partial charge >= 0.3 is 5.97 Å². The maximum atomic E-state index is 13.0. The molecule has 0 fully saturated rings. The molecule has 0 spiro atoms. The SMILES string of the molecule is O=C(Nc1ccc(F)cc1C(=O)O)c1cncc(F)c1. The Morgan fingerprint density at radius 1 is 1.10 bits per heavy atom. The maximum absolute atomic E-state index is 13.0. The first-order chi connectivity index (χ1) is 9.47. The van der Waals surface area contributed by atoms with Crippen molar-refractivity contribution in [3.05, 3.63) is 59.4 Å². The molecule has 7 heteroatoms. The predicted molar refractivity (Wildman–Crippen MR) is 65.5 cm³/mol. The molecule has 0 saturated carbocycles. The number of nitrogens with zero attached hydrogens (tertiary/aromatic N) is 1. The van der Waals surface area contributed by atoms with E-state index in [2.05, 4.69) is 10.3 Å². The van der Waals surface area contributed by atoms with Crippen LogP contribution in [0.25, 0.3) is 0 Å². The van der Waals surface area contributed by atoms with Crippen molar-refractivity contribution in [2.75, 3.05) is 5.32 Å². The Balaban J connectivity index is 2.30. The average Bonchev–Trinajstić information content (AvgIpc) is 2.40. The third-order valence-electron chi connectivity index (χ3n) is 2.43. The van der Waals surface area contributed by atoms with Gasteiger partial charge in [-0.3, -0.25) is 9.78 Å². The number of anilines is 1. The average molecular weight is 278 g/mol. The summed E-state index contributed by atoms with van der Waals surface area (Å²) in [6.45, 7) is 0. The van der Waals surface area contributed by atoms with E-state index in [0.717, 1.165) is 36.7 Å². The number of halogens is 2. The van der Waals surface area contributed by atoms with Crippen molar-refractivity contribution < 1.29 is 23.5 Å². The number of rotatable bonds is 3. The highest BCUT2D eigenvalue weighted by atomic mass is 19.1. The van der Waals surface area contributed by atoms with Crippen LogP contribution in [0.4, 0.5) is 14.5 Å². The minimum absolute atomic E-state index is 0.0781. The molecule has 2 rings (SSSR count). The summed E-state index contributed by atoms with van der Waals surface area (Å²) in [7, 11) is 0. The smallest absolute Gasteiger partial charge is 0.337 e. The largest absolute Gasteiger partial charge is 0.478 e. The number of carboxylic acids is 1. The van der Waals surface area contributed by atoms with E-state index in [-0.39, 0.29) is 11.3 Å². The van der Waals surface area contributed by atoms with Crippen LogP contribution < -0.4 is 5.32 Å². The molecular weight excluding hydrogens is 270 g/mol. The zero-order valence-corrected chi connectivity index (χ0v) is 9.93. The van der Waals surface area contributed by atoms with Gasteiger partial charge in [0, 0.05) is 6.20 Å². The number of carbonyl (C=O) groups excluding carboxylic acids is 1. The van der Waals surface area contributed by atoms with Crippen LogP contribution in [-0.4, -0.2) is 22.0 Å². The Hall–Kier alpha value is -2.83. The van der Waals surface area contributed by atoms with Gasteiger partial charge in [-0.1, -0.05) is 0 Å². The zero-order valence-electron chi connectivity index (χ0n) is 9.93. The zero-order chi connectivity index (χ0) is 14.7. The lowest BCUT2D eigenvalue weighted by Gasteiger charge is -2.08. The number of pyridine rings is 1. The monoisotopic (exact) mass is 278 g/mol. The van der Waals surface area contributed by atoms with E-state index in [1.54, 1.807) is 0 Å². The molecule has 2 aromatic rings. The Kier molecular flexibility index (Phi) is 3.69. The summed E-state index contributed by atoms with van der Waals surface area (Å²) < 4.78 is 25.9. The van der Waals surface area contributed by atoms with Crippen molar-refractivity contribution in [3.63, 3.8) is 0 Å². The van der Waals surface area contributed by atoms with Gasteiger partial charge in [0.15, 0.2) is 0 Å². The van der Waals surface area contributed by atoms with Crippen molar-refractivity contribution in [1.29, 1.82) is 0 Å². The van der Waals surface area contributed by atoms with Crippen molar-refractivity contribution >= 4 is 17.6 Å². The number of aromatic nitrogens is 1. The quantitative estimate of drug-likeness (QED) is 0.903. The number of amides is 1. The molecule has 0 aliphatic carbocycles. The van der Waals surface area contributed by atoms with Gasteiger partial charge in [-0.05, 0) is 24.3 Å². The van der Waals surface area contributed by atoms with E-state index in [0.29, 0.717) is 0 Å². The van der Waals surface area contributed by atoms with E-state index in [4.69, 9.17) is 5.11 Å². The summed E-state index contributed by atoms with van der Waals surface area (Å²) in [4.78, 5) is 26.3. The van der Waals surface area contributed by atoms with Gasteiger partial charge in [-0.15, -0.1) is 0 Å². The first-order valence-corrected chi connectivity index (χ1v) is 5.42. The minimum Gasteiger partial charge on any atom is -0.478 e. The highest BCUT2D eigenvalue weighted by molar-refractivity contribution is 6.07. The Bertz CT molecular complexity index is 689. The van der Waals surface area contributed by atoms with Gasteiger partial charge in [0.05, 0.1) is 23.0 Å². The van der Waals surface area contributed by atoms with Crippen molar-refractivity contribution in [1.82, 2.24) is 4.98 Å². The molecule has 1 heterocycles. The number of carboxylic acid groups (broad SMARTS) is 1. The molecule has 0 saturated heterocycles. The van der Waals surface area contributed by atoms with E-state index >= 15 is 0 Å². The fraction of sp³-hybridized carbons (Fsp3) is 0. The van der Waals surface area contributed by atoms with E-state index in [9.17, 15) is 18.4 Å². The highest BCUT2D eigenvalue weighted by Crippen LogP contribution is 2.18. The van der Waals surface area contributed by atoms with Crippen LogP contribution in [0.1, 0.15) is 20.7 Å². The predicted octanol–water partition coefficient (Wildman–Crippen LogP) is 2.31. The number of aromatic carboxylic acids is 1. The number of nitrogens with one attached hydrogen (secondary N) is 1. The molecule has 20 heavy (non-hydrogen) atoms. The molecule has 0 bridgehead atoms. The summed E-state index contributed by atoms with van der Waals surface area (Å²) in [6, 6.07) is 3.85. The van der Waals surface area contributed by atoms with Crippen LogP contribution in [0.2, 0.25) is 0 Å². The Labute approximate surface area is 111 Å². The summed E-state index contributed by atoms with van der Waals surface area (Å²) in [5, 5.41) is 11.2. The van der Waals surface area contributed by atoms with Gasteiger partial charge in [0.25, 0.3) is 5.91 Å². The van der Waals surface area contributed by atoms with E-state index in [1.807, 2.05) is 0 Å². The van der Waals surface area contributed by atoms with Crippen molar-refractivity contribution in [2.45, 2.75) is 0 Å². The lowest BCUT2D eigenvalue weighted by Crippen LogP contribution is -2.15. The fourth-order valence-electron chi connectivity index (χ4n) is 1.53. The number of hydrogen-bond donors (Lipinski definition) is 2. The molecule has 0 unspecified atom stereocenters. The van der Waals surface area contributed by atoms with Gasteiger partial charge in [0.1, 0.15) is 11.6 Å². The summed E-state index contributed by atoms with van der Waals surface area (Å²) in [5.74, 6) is -3.58. The second-order valence-electron chi connectivity index (χ2n) is 3.84. The number of hydrogen-bond acceptors (Lipinski definition) is 3. The van der Waals surface area contributed by atoms with Crippen LogP contribution in [0, 0.1) is 11.6 Å². The van der Waals surface area contributed by atoms with Crippen molar-refractivity contribution in [3.8, 4) is 0 Å². The lowest BCUT2D eigenvalue weighted by atomic mass is 10.1. The third-order valence-corrected chi connectivity index (χ3v) is 2.43. The minimum atomic E-state index is -1.39. The van der Waals surface area contributed by atoms with Crippen LogP contribution in [-0.2, 0) is 0 Å². The highest BCUT2D eigenvalue weighted by Gasteiger charge is 2.15. The van der Waals surface area contributed by atoms with Crippen LogP contribution in [0.15, 0.2) is 36.7 Å². The number of carbonyl (C=O) groups is 2. The molecular formula is C13H8F2N2O3. The normalized spacial score (nSPS) is 10.1. The molecule has 5 nitrogen and oxygen atoms in total. The lowest BCUT2D eigenvalue weighted by molar-refractivity contribution is 0.0697. The van der Waals surface area contributed by atoms with Crippen molar-refractivity contribution in [2.24, 2.45) is 0 Å². The molecule has 2 N–H and O–H groups in total. The van der Waals surface area contributed by atoms with E-state index in [1.165, 1.54) is 0 Å². The first kappa shape index (κ1) is 13.6. The second kappa shape index (κ2) is 5.43. The number of benzene rings is 1. The van der Waals surface area contributed by atoms with Crippen LogP contribution >= 0.6 is 0 Å². The van der Waals surface area contributed by atoms with E-state index < -0.39 is 29.1 Å². The summed E-state index contributed by atoms with van der Waals surface area (Å²) >= 11 is 0.